The minimum Gasteiger partial charge on any atom is -0.484 e. The van der Waals surface area contributed by atoms with Crippen molar-refractivity contribution in [2.24, 2.45) is 0 Å². The molecule has 2 rings (SSSR count). The third kappa shape index (κ3) is 7.09. The number of hydrogen-bond acceptors (Lipinski definition) is 3. The first-order chi connectivity index (χ1) is 13.9. The molecule has 0 saturated heterocycles. The van der Waals surface area contributed by atoms with Crippen LogP contribution in [0, 0.1) is 0 Å². The summed E-state index contributed by atoms with van der Waals surface area (Å²) in [5, 5.41) is 3.59. The van der Waals surface area contributed by atoms with Crippen LogP contribution in [0.25, 0.3) is 0 Å². The highest BCUT2D eigenvalue weighted by Gasteiger charge is 2.29. The average Bonchev–Trinajstić information content (AvgIpc) is 2.73. The van der Waals surface area contributed by atoms with Crippen molar-refractivity contribution < 1.29 is 14.3 Å². The Morgan fingerprint density at radius 1 is 1.03 bits per heavy atom. The zero-order valence-electron chi connectivity index (χ0n) is 17.2. The second-order valence-electron chi connectivity index (χ2n) is 6.99. The van der Waals surface area contributed by atoms with Crippen LogP contribution in [0.2, 0.25) is 5.02 Å². The van der Waals surface area contributed by atoms with Gasteiger partial charge in [0.25, 0.3) is 5.91 Å². The normalized spacial score (nSPS) is 12.7. The van der Waals surface area contributed by atoms with E-state index in [4.69, 9.17) is 16.3 Å². The molecule has 0 aliphatic heterocycles. The van der Waals surface area contributed by atoms with Crippen molar-refractivity contribution in [2.45, 2.75) is 52.2 Å². The van der Waals surface area contributed by atoms with Crippen molar-refractivity contribution in [3.8, 4) is 5.75 Å². The van der Waals surface area contributed by atoms with E-state index in [-0.39, 0.29) is 24.5 Å². The molecule has 0 radical (unpaired) electrons. The molecule has 1 N–H and O–H groups in total. The van der Waals surface area contributed by atoms with Gasteiger partial charge in [-0.3, -0.25) is 9.59 Å². The van der Waals surface area contributed by atoms with Crippen LogP contribution in [0.15, 0.2) is 54.6 Å². The molecule has 156 valence electrons. The van der Waals surface area contributed by atoms with Crippen molar-refractivity contribution in [3.05, 3.63) is 65.2 Å². The van der Waals surface area contributed by atoms with E-state index >= 15 is 0 Å². The van der Waals surface area contributed by atoms with Crippen LogP contribution in [-0.2, 0) is 16.1 Å². The summed E-state index contributed by atoms with van der Waals surface area (Å²) in [6, 6.07) is 16.0. The summed E-state index contributed by atoms with van der Waals surface area (Å²) in [4.78, 5) is 27.5. The zero-order valence-corrected chi connectivity index (χ0v) is 18.0. The second-order valence-corrected chi connectivity index (χ2v) is 7.43. The summed E-state index contributed by atoms with van der Waals surface area (Å²) < 4.78 is 5.64. The highest BCUT2D eigenvalue weighted by atomic mass is 35.5. The number of ether oxygens (including phenoxy) is 1. The third-order valence-electron chi connectivity index (χ3n) is 4.76. The van der Waals surface area contributed by atoms with Gasteiger partial charge in [-0.25, -0.2) is 0 Å². The predicted octanol–water partition coefficient (Wildman–Crippen LogP) is 4.44. The Balaban J connectivity index is 2.16. The Hall–Kier alpha value is -2.53. The SMILES string of the molecule is CCC(C)NC(=O)C(CC)N(Cc1ccccc1)C(=O)COc1ccc(Cl)cc1. The molecule has 6 heteroatoms. The topological polar surface area (TPSA) is 58.6 Å². The lowest BCUT2D eigenvalue weighted by Gasteiger charge is -2.31. The van der Waals surface area contributed by atoms with Gasteiger partial charge in [0.2, 0.25) is 5.91 Å². The quantitative estimate of drug-likeness (QED) is 0.622. The Kier molecular flexibility index (Phi) is 9.00. The molecule has 0 aromatic heterocycles. The number of benzene rings is 2. The van der Waals surface area contributed by atoms with E-state index in [1.165, 1.54) is 0 Å². The summed E-state index contributed by atoms with van der Waals surface area (Å²) in [5.74, 6) is 0.173. The number of hydrogen-bond donors (Lipinski definition) is 1. The Labute approximate surface area is 178 Å². The Bertz CT molecular complexity index is 780. The van der Waals surface area contributed by atoms with Crippen LogP contribution in [0.1, 0.15) is 39.2 Å². The Morgan fingerprint density at radius 2 is 1.69 bits per heavy atom. The molecule has 0 spiro atoms. The van der Waals surface area contributed by atoms with E-state index in [2.05, 4.69) is 5.32 Å². The van der Waals surface area contributed by atoms with Crippen LogP contribution in [-0.4, -0.2) is 35.4 Å². The first kappa shape index (κ1) is 22.8. The molecule has 2 unspecified atom stereocenters. The molecule has 0 bridgehead atoms. The standard InChI is InChI=1S/C23H29ClN2O3/c1-4-17(3)25-23(28)21(5-2)26(15-18-9-7-6-8-10-18)22(27)16-29-20-13-11-19(24)12-14-20/h6-14,17,21H,4-5,15-16H2,1-3H3,(H,25,28). The number of carbonyl (C=O) groups excluding carboxylic acids is 2. The summed E-state index contributed by atoms with van der Waals surface area (Å²) in [5.41, 5.74) is 0.960. The van der Waals surface area contributed by atoms with Crippen LogP contribution in [0.3, 0.4) is 0 Å². The van der Waals surface area contributed by atoms with E-state index in [1.807, 2.05) is 51.1 Å². The van der Waals surface area contributed by atoms with Crippen LogP contribution >= 0.6 is 11.6 Å². The van der Waals surface area contributed by atoms with Gasteiger partial charge in [-0.15, -0.1) is 0 Å². The van der Waals surface area contributed by atoms with E-state index in [0.717, 1.165) is 12.0 Å². The highest BCUT2D eigenvalue weighted by Crippen LogP contribution is 2.17. The lowest BCUT2D eigenvalue weighted by Crippen LogP contribution is -2.51. The number of halogens is 1. The summed E-state index contributed by atoms with van der Waals surface area (Å²) in [6.45, 7) is 6.07. The molecule has 0 aliphatic rings. The van der Waals surface area contributed by atoms with E-state index < -0.39 is 6.04 Å². The van der Waals surface area contributed by atoms with Crippen LogP contribution < -0.4 is 10.1 Å². The summed E-state index contributed by atoms with van der Waals surface area (Å²) in [7, 11) is 0. The monoisotopic (exact) mass is 416 g/mol. The maximum absolute atomic E-state index is 13.0. The first-order valence-electron chi connectivity index (χ1n) is 9.96. The summed E-state index contributed by atoms with van der Waals surface area (Å²) in [6.07, 6.45) is 1.34. The van der Waals surface area contributed by atoms with Gasteiger partial charge in [0.1, 0.15) is 11.8 Å². The van der Waals surface area contributed by atoms with Crippen molar-refractivity contribution in [1.82, 2.24) is 10.2 Å². The number of nitrogens with one attached hydrogen (secondary N) is 1. The smallest absolute Gasteiger partial charge is 0.261 e. The van der Waals surface area contributed by atoms with Crippen molar-refractivity contribution in [2.75, 3.05) is 6.61 Å². The maximum atomic E-state index is 13.0. The molecule has 0 saturated carbocycles. The average molecular weight is 417 g/mol. The largest absolute Gasteiger partial charge is 0.484 e. The van der Waals surface area contributed by atoms with Gasteiger partial charge in [0, 0.05) is 17.6 Å². The lowest BCUT2D eigenvalue weighted by molar-refractivity contribution is -0.143. The molecule has 2 aromatic carbocycles. The van der Waals surface area contributed by atoms with Gasteiger partial charge >= 0.3 is 0 Å². The van der Waals surface area contributed by atoms with Crippen LogP contribution in [0.4, 0.5) is 0 Å². The third-order valence-corrected chi connectivity index (χ3v) is 5.01. The van der Waals surface area contributed by atoms with Gasteiger partial charge in [-0.05, 0) is 49.6 Å². The predicted molar refractivity (Wildman–Crippen MR) is 116 cm³/mol. The van der Waals surface area contributed by atoms with E-state index in [9.17, 15) is 9.59 Å². The number of carbonyl (C=O) groups is 2. The van der Waals surface area contributed by atoms with Crippen molar-refractivity contribution >= 4 is 23.4 Å². The molecule has 2 atom stereocenters. The minimum atomic E-state index is -0.564. The zero-order chi connectivity index (χ0) is 21.2. The highest BCUT2D eigenvalue weighted by molar-refractivity contribution is 6.30. The first-order valence-corrected chi connectivity index (χ1v) is 10.3. The van der Waals surface area contributed by atoms with E-state index in [1.54, 1.807) is 29.2 Å². The molecular weight excluding hydrogens is 388 g/mol. The van der Waals surface area contributed by atoms with Crippen molar-refractivity contribution in [1.29, 1.82) is 0 Å². The lowest BCUT2D eigenvalue weighted by atomic mass is 10.1. The van der Waals surface area contributed by atoms with Gasteiger partial charge in [-0.1, -0.05) is 55.8 Å². The Morgan fingerprint density at radius 3 is 2.28 bits per heavy atom. The van der Waals surface area contributed by atoms with Gasteiger partial charge in [-0.2, -0.15) is 0 Å². The second kappa shape index (κ2) is 11.5. The van der Waals surface area contributed by atoms with Crippen LogP contribution in [0.5, 0.6) is 5.75 Å². The molecule has 2 aromatic rings. The number of amides is 2. The fourth-order valence-corrected chi connectivity index (χ4v) is 3.03. The number of nitrogens with zero attached hydrogens (tertiary/aromatic N) is 1. The number of rotatable bonds is 10. The molecule has 0 heterocycles. The van der Waals surface area contributed by atoms with Gasteiger partial charge in [0.15, 0.2) is 6.61 Å². The molecule has 0 fully saturated rings. The molecule has 2 amide bonds. The maximum Gasteiger partial charge on any atom is 0.261 e. The fraction of sp³-hybridized carbons (Fsp3) is 0.391. The van der Waals surface area contributed by atoms with Gasteiger partial charge < -0.3 is 15.0 Å². The van der Waals surface area contributed by atoms with E-state index in [0.29, 0.717) is 23.7 Å². The molecule has 0 aliphatic carbocycles. The fourth-order valence-electron chi connectivity index (χ4n) is 2.90. The molecule has 29 heavy (non-hydrogen) atoms. The minimum absolute atomic E-state index is 0.0514. The molecular formula is C23H29ClN2O3. The molecule has 5 nitrogen and oxygen atoms in total. The summed E-state index contributed by atoms with van der Waals surface area (Å²) >= 11 is 5.89. The van der Waals surface area contributed by atoms with Crippen molar-refractivity contribution in [3.63, 3.8) is 0 Å². The van der Waals surface area contributed by atoms with Gasteiger partial charge in [0.05, 0.1) is 0 Å².